The van der Waals surface area contributed by atoms with Gasteiger partial charge in [-0.3, -0.25) is 0 Å². The fourth-order valence-electron chi connectivity index (χ4n) is 2.45. The van der Waals surface area contributed by atoms with E-state index in [1.54, 1.807) is 6.33 Å². The number of rotatable bonds is 6. The minimum atomic E-state index is 0.0280. The first-order chi connectivity index (χ1) is 11.2. The molecule has 0 fully saturated rings. The van der Waals surface area contributed by atoms with Crippen LogP contribution in [0.5, 0.6) is 0 Å². The summed E-state index contributed by atoms with van der Waals surface area (Å²) >= 11 is 0. The van der Waals surface area contributed by atoms with Crippen LogP contribution in [0.1, 0.15) is 18.1 Å². The Morgan fingerprint density at radius 1 is 1.26 bits per heavy atom. The van der Waals surface area contributed by atoms with E-state index in [1.807, 2.05) is 6.07 Å². The van der Waals surface area contributed by atoms with Gasteiger partial charge in [0.15, 0.2) is 11.5 Å². The van der Waals surface area contributed by atoms with E-state index in [-0.39, 0.29) is 6.61 Å². The van der Waals surface area contributed by atoms with Crippen LogP contribution in [0, 0.1) is 6.92 Å². The van der Waals surface area contributed by atoms with Gasteiger partial charge in [-0.05, 0) is 36.6 Å². The first-order valence-corrected chi connectivity index (χ1v) is 7.63. The summed E-state index contributed by atoms with van der Waals surface area (Å²) < 4.78 is 0. The predicted octanol–water partition coefficient (Wildman–Crippen LogP) is 2.37. The molecule has 0 radical (unpaired) electrons. The first-order valence-electron chi connectivity index (χ1n) is 7.63. The van der Waals surface area contributed by atoms with Gasteiger partial charge in [0.2, 0.25) is 5.95 Å². The summed E-state index contributed by atoms with van der Waals surface area (Å²) in [5.74, 6) is 1.09. The molecule has 120 valence electrons. The van der Waals surface area contributed by atoms with Gasteiger partial charge in [-0.2, -0.15) is 9.97 Å². The van der Waals surface area contributed by atoms with Crippen LogP contribution in [0.4, 0.5) is 17.5 Å². The Balaban J connectivity index is 1.93. The molecule has 2 aromatic heterocycles. The second kappa shape index (κ2) is 6.62. The van der Waals surface area contributed by atoms with E-state index in [4.69, 9.17) is 5.11 Å². The average Bonchev–Trinajstić information content (AvgIpc) is 3.03. The molecular formula is C16H20N6O. The minimum absolute atomic E-state index is 0.0280. The number of benzene rings is 1. The maximum absolute atomic E-state index is 8.99. The van der Waals surface area contributed by atoms with E-state index in [2.05, 4.69) is 56.5 Å². The van der Waals surface area contributed by atoms with Crippen molar-refractivity contribution in [2.75, 3.05) is 23.8 Å². The van der Waals surface area contributed by atoms with E-state index in [9.17, 15) is 0 Å². The standard InChI is InChI=1S/C16H20N6O/c1-3-11-8-12(5-4-10(11)2)20-16-21-14(17-6-7-23)13-15(22-16)19-9-18-13/h4-5,8-9,23H,3,6-7H2,1-2H3,(H3,17,18,19,20,21,22). The average molecular weight is 312 g/mol. The number of nitrogens with one attached hydrogen (secondary N) is 3. The van der Waals surface area contributed by atoms with Crippen LogP contribution in [0.25, 0.3) is 11.2 Å². The SMILES string of the molecule is CCc1cc(Nc2nc(NCCO)c3[nH]cnc3n2)ccc1C. The van der Waals surface area contributed by atoms with Crippen molar-refractivity contribution >= 4 is 28.6 Å². The van der Waals surface area contributed by atoms with Crippen molar-refractivity contribution in [3.8, 4) is 0 Å². The summed E-state index contributed by atoms with van der Waals surface area (Å²) in [7, 11) is 0. The van der Waals surface area contributed by atoms with Gasteiger partial charge in [0, 0.05) is 12.2 Å². The highest BCUT2D eigenvalue weighted by molar-refractivity contribution is 5.84. The first kappa shape index (κ1) is 15.2. The van der Waals surface area contributed by atoms with Crippen LogP contribution in [-0.4, -0.2) is 38.2 Å². The van der Waals surface area contributed by atoms with Crippen molar-refractivity contribution < 1.29 is 5.11 Å². The Morgan fingerprint density at radius 2 is 2.13 bits per heavy atom. The number of aliphatic hydroxyl groups excluding tert-OH is 1. The lowest BCUT2D eigenvalue weighted by molar-refractivity contribution is 0.311. The number of aliphatic hydroxyl groups is 1. The Labute approximate surface area is 134 Å². The smallest absolute Gasteiger partial charge is 0.231 e. The van der Waals surface area contributed by atoms with E-state index in [1.165, 1.54) is 11.1 Å². The number of nitrogens with zero attached hydrogens (tertiary/aromatic N) is 3. The summed E-state index contributed by atoms with van der Waals surface area (Å²) in [5, 5.41) is 15.3. The second-order valence-corrected chi connectivity index (χ2v) is 5.27. The number of aromatic nitrogens is 4. The number of fused-ring (bicyclic) bond motifs is 1. The predicted molar refractivity (Wildman–Crippen MR) is 91.1 cm³/mol. The molecule has 0 bridgehead atoms. The third-order valence-corrected chi connectivity index (χ3v) is 3.68. The third-order valence-electron chi connectivity index (χ3n) is 3.68. The number of aryl methyl sites for hydroxylation is 2. The lowest BCUT2D eigenvalue weighted by Crippen LogP contribution is -2.09. The van der Waals surface area contributed by atoms with Gasteiger partial charge in [0.05, 0.1) is 12.9 Å². The molecule has 0 aliphatic heterocycles. The molecule has 0 spiro atoms. The van der Waals surface area contributed by atoms with E-state index >= 15 is 0 Å². The molecule has 7 nitrogen and oxygen atoms in total. The Bertz CT molecular complexity index is 813. The van der Waals surface area contributed by atoms with E-state index < -0.39 is 0 Å². The molecule has 0 saturated carbocycles. The van der Waals surface area contributed by atoms with Crippen molar-refractivity contribution in [2.45, 2.75) is 20.3 Å². The zero-order valence-electron chi connectivity index (χ0n) is 13.2. The van der Waals surface area contributed by atoms with Crippen molar-refractivity contribution in [2.24, 2.45) is 0 Å². The summed E-state index contributed by atoms with van der Waals surface area (Å²) in [4.78, 5) is 16.1. The third kappa shape index (κ3) is 3.24. The summed E-state index contributed by atoms with van der Waals surface area (Å²) in [6, 6.07) is 6.20. The molecule has 23 heavy (non-hydrogen) atoms. The van der Waals surface area contributed by atoms with Crippen molar-refractivity contribution in [1.82, 2.24) is 19.9 Å². The number of anilines is 3. The number of hydrogen-bond acceptors (Lipinski definition) is 6. The normalized spacial score (nSPS) is 10.9. The number of imidazole rings is 1. The van der Waals surface area contributed by atoms with Crippen LogP contribution in [0.3, 0.4) is 0 Å². The summed E-state index contributed by atoms with van der Waals surface area (Å²) in [6.45, 7) is 4.68. The zero-order valence-corrected chi connectivity index (χ0v) is 13.2. The van der Waals surface area contributed by atoms with E-state index in [0.717, 1.165) is 17.6 Å². The molecule has 0 amide bonds. The van der Waals surface area contributed by atoms with Gasteiger partial charge in [-0.15, -0.1) is 0 Å². The quantitative estimate of drug-likeness (QED) is 0.558. The zero-order chi connectivity index (χ0) is 16.2. The van der Waals surface area contributed by atoms with Gasteiger partial charge < -0.3 is 20.7 Å². The van der Waals surface area contributed by atoms with Gasteiger partial charge in [-0.25, -0.2) is 4.98 Å². The summed E-state index contributed by atoms with van der Waals surface area (Å²) in [5.41, 5.74) is 4.80. The summed E-state index contributed by atoms with van der Waals surface area (Å²) in [6.07, 6.45) is 2.55. The Morgan fingerprint density at radius 3 is 2.91 bits per heavy atom. The lowest BCUT2D eigenvalue weighted by atomic mass is 10.1. The molecule has 1 aromatic carbocycles. The molecule has 3 rings (SSSR count). The molecule has 0 aliphatic rings. The maximum atomic E-state index is 8.99. The highest BCUT2D eigenvalue weighted by Gasteiger charge is 2.10. The minimum Gasteiger partial charge on any atom is -0.395 e. The Kier molecular flexibility index (Phi) is 4.38. The fraction of sp³-hybridized carbons (Fsp3) is 0.312. The van der Waals surface area contributed by atoms with Crippen LogP contribution in [0.2, 0.25) is 0 Å². The molecule has 4 N–H and O–H groups in total. The van der Waals surface area contributed by atoms with Crippen LogP contribution >= 0.6 is 0 Å². The molecule has 0 saturated heterocycles. The van der Waals surface area contributed by atoms with Crippen molar-refractivity contribution in [1.29, 1.82) is 0 Å². The van der Waals surface area contributed by atoms with Gasteiger partial charge >= 0.3 is 0 Å². The van der Waals surface area contributed by atoms with Crippen LogP contribution in [0.15, 0.2) is 24.5 Å². The van der Waals surface area contributed by atoms with Gasteiger partial charge in [0.25, 0.3) is 0 Å². The number of H-pyrrole nitrogens is 1. The van der Waals surface area contributed by atoms with Crippen molar-refractivity contribution in [3.63, 3.8) is 0 Å². The van der Waals surface area contributed by atoms with Gasteiger partial charge in [0.1, 0.15) is 5.52 Å². The molecule has 7 heteroatoms. The number of aromatic amines is 1. The van der Waals surface area contributed by atoms with Crippen molar-refractivity contribution in [3.05, 3.63) is 35.7 Å². The Hall–Kier alpha value is -2.67. The number of hydrogen-bond donors (Lipinski definition) is 4. The van der Waals surface area contributed by atoms with Gasteiger partial charge in [-0.1, -0.05) is 13.0 Å². The largest absolute Gasteiger partial charge is 0.395 e. The highest BCUT2D eigenvalue weighted by atomic mass is 16.3. The maximum Gasteiger partial charge on any atom is 0.231 e. The molecule has 3 aromatic rings. The highest BCUT2D eigenvalue weighted by Crippen LogP contribution is 2.22. The molecule has 0 atom stereocenters. The lowest BCUT2D eigenvalue weighted by Gasteiger charge is -2.10. The molecular weight excluding hydrogens is 292 g/mol. The molecule has 0 unspecified atom stereocenters. The second-order valence-electron chi connectivity index (χ2n) is 5.27. The van der Waals surface area contributed by atoms with E-state index in [0.29, 0.717) is 24.0 Å². The molecule has 2 heterocycles. The fourth-order valence-corrected chi connectivity index (χ4v) is 2.45. The monoisotopic (exact) mass is 312 g/mol. The van der Waals surface area contributed by atoms with Crippen LogP contribution < -0.4 is 10.6 Å². The molecule has 0 aliphatic carbocycles. The van der Waals surface area contributed by atoms with Crippen LogP contribution in [-0.2, 0) is 6.42 Å². The topological polar surface area (TPSA) is 98.8 Å².